The molecule has 1 aliphatic heterocycles. The molecule has 0 fully saturated rings. The Morgan fingerprint density at radius 3 is 3.05 bits per heavy atom. The number of aromatic nitrogens is 2. The van der Waals surface area contributed by atoms with Gasteiger partial charge in [0.1, 0.15) is 5.82 Å². The van der Waals surface area contributed by atoms with Crippen LogP contribution in [0.15, 0.2) is 24.5 Å². The molecule has 0 atom stereocenters. The predicted octanol–water partition coefficient (Wildman–Crippen LogP) is 1.53. The van der Waals surface area contributed by atoms with E-state index in [-0.39, 0.29) is 5.91 Å². The van der Waals surface area contributed by atoms with E-state index in [0.29, 0.717) is 12.1 Å². The van der Waals surface area contributed by atoms with Gasteiger partial charge < -0.3 is 21.4 Å². The zero-order valence-electron chi connectivity index (χ0n) is 11.1. The van der Waals surface area contributed by atoms with Gasteiger partial charge in [0, 0.05) is 37.5 Å². The molecule has 0 radical (unpaired) electrons. The highest BCUT2D eigenvalue weighted by atomic mass is 16.1. The van der Waals surface area contributed by atoms with Gasteiger partial charge in [-0.05, 0) is 24.1 Å². The van der Waals surface area contributed by atoms with Gasteiger partial charge in [-0.15, -0.1) is 0 Å². The summed E-state index contributed by atoms with van der Waals surface area (Å²) in [5, 5.41) is 6.16. The van der Waals surface area contributed by atoms with Crippen LogP contribution in [0.1, 0.15) is 17.8 Å². The first-order valence-electron chi connectivity index (χ1n) is 6.67. The monoisotopic (exact) mass is 271 g/mol. The fraction of sp³-hybridized carbons (Fsp3) is 0.286. The molecule has 6 nitrogen and oxygen atoms in total. The average Bonchev–Trinajstić information content (AvgIpc) is 2.93. The van der Waals surface area contributed by atoms with Crippen LogP contribution in [0.5, 0.6) is 0 Å². The predicted molar refractivity (Wildman–Crippen MR) is 78.6 cm³/mol. The lowest BCUT2D eigenvalue weighted by Crippen LogP contribution is -2.19. The molecular weight excluding hydrogens is 254 g/mol. The van der Waals surface area contributed by atoms with Gasteiger partial charge in [-0.2, -0.15) is 0 Å². The van der Waals surface area contributed by atoms with Crippen LogP contribution < -0.4 is 16.4 Å². The van der Waals surface area contributed by atoms with E-state index < -0.39 is 0 Å². The summed E-state index contributed by atoms with van der Waals surface area (Å²) >= 11 is 0. The van der Waals surface area contributed by atoms with Crippen LogP contribution in [0.25, 0.3) is 0 Å². The number of nitrogens with zero attached hydrogens (tertiary/aromatic N) is 1. The SMILES string of the molecule is Nc1cc2c(cc1NCCc1ncc[nH]1)NC(=O)CC2. The summed E-state index contributed by atoms with van der Waals surface area (Å²) in [6.45, 7) is 0.727. The second kappa shape index (κ2) is 5.24. The maximum Gasteiger partial charge on any atom is 0.224 e. The van der Waals surface area contributed by atoms with Crippen LogP contribution in [0.4, 0.5) is 17.1 Å². The molecule has 2 aromatic rings. The number of aromatic amines is 1. The third-order valence-electron chi connectivity index (χ3n) is 3.40. The van der Waals surface area contributed by atoms with Crippen molar-refractivity contribution in [3.05, 3.63) is 35.9 Å². The molecule has 0 unspecified atom stereocenters. The summed E-state index contributed by atoms with van der Waals surface area (Å²) in [5.41, 5.74) is 9.55. The van der Waals surface area contributed by atoms with Crippen LogP contribution in [0.2, 0.25) is 0 Å². The van der Waals surface area contributed by atoms with Gasteiger partial charge in [0.2, 0.25) is 5.91 Å². The highest BCUT2D eigenvalue weighted by molar-refractivity contribution is 5.95. The fourth-order valence-corrected chi connectivity index (χ4v) is 2.35. The molecule has 0 bridgehead atoms. The molecule has 0 saturated carbocycles. The third kappa shape index (κ3) is 2.59. The number of carbonyl (C=O) groups excluding carboxylic acids is 1. The van der Waals surface area contributed by atoms with Crippen molar-refractivity contribution in [3.8, 4) is 0 Å². The van der Waals surface area contributed by atoms with E-state index in [0.717, 1.165) is 42.1 Å². The largest absolute Gasteiger partial charge is 0.397 e. The Morgan fingerprint density at radius 2 is 2.25 bits per heavy atom. The van der Waals surface area contributed by atoms with Gasteiger partial charge in [-0.3, -0.25) is 4.79 Å². The van der Waals surface area contributed by atoms with E-state index in [1.165, 1.54) is 0 Å². The Bertz CT molecular complexity index is 621. The summed E-state index contributed by atoms with van der Waals surface area (Å²) in [6.07, 6.45) is 5.60. The Labute approximate surface area is 116 Å². The molecule has 1 aromatic heterocycles. The third-order valence-corrected chi connectivity index (χ3v) is 3.40. The van der Waals surface area contributed by atoms with Crippen molar-refractivity contribution in [1.82, 2.24) is 9.97 Å². The number of nitrogen functional groups attached to an aromatic ring is 1. The maximum atomic E-state index is 11.4. The topological polar surface area (TPSA) is 95.8 Å². The number of carbonyl (C=O) groups is 1. The fourth-order valence-electron chi connectivity index (χ4n) is 2.35. The van der Waals surface area contributed by atoms with E-state index >= 15 is 0 Å². The van der Waals surface area contributed by atoms with Crippen molar-refractivity contribution in [3.63, 3.8) is 0 Å². The summed E-state index contributed by atoms with van der Waals surface area (Å²) in [6, 6.07) is 3.84. The molecule has 1 aromatic carbocycles. The Balaban J connectivity index is 1.69. The molecule has 6 heteroatoms. The Hall–Kier alpha value is -2.50. The minimum atomic E-state index is 0.0591. The molecule has 1 amide bonds. The van der Waals surface area contributed by atoms with E-state index in [4.69, 9.17) is 5.73 Å². The average molecular weight is 271 g/mol. The highest BCUT2D eigenvalue weighted by Gasteiger charge is 2.16. The summed E-state index contributed by atoms with van der Waals surface area (Å²) in [5.74, 6) is 0.992. The molecule has 104 valence electrons. The van der Waals surface area contributed by atoms with Gasteiger partial charge in [0.15, 0.2) is 0 Å². The molecular formula is C14H17N5O. The first-order chi connectivity index (χ1) is 9.72. The minimum absolute atomic E-state index is 0.0591. The standard InChI is InChI=1S/C14H17N5O/c15-10-7-9-1-2-14(20)19-11(9)8-12(10)16-4-3-13-17-5-6-18-13/h5-8,16H,1-4,15H2,(H,17,18)(H,19,20). The molecule has 0 spiro atoms. The molecule has 0 saturated heterocycles. The van der Waals surface area contributed by atoms with Gasteiger partial charge >= 0.3 is 0 Å². The van der Waals surface area contributed by atoms with Crippen LogP contribution in [0.3, 0.4) is 0 Å². The molecule has 2 heterocycles. The van der Waals surface area contributed by atoms with Crippen molar-refractivity contribution in [2.45, 2.75) is 19.3 Å². The number of nitrogens with one attached hydrogen (secondary N) is 3. The van der Waals surface area contributed by atoms with Crippen molar-refractivity contribution >= 4 is 23.0 Å². The van der Waals surface area contributed by atoms with Crippen molar-refractivity contribution < 1.29 is 4.79 Å². The van der Waals surface area contributed by atoms with Gasteiger partial charge in [-0.25, -0.2) is 4.98 Å². The number of aryl methyl sites for hydroxylation is 1. The lowest BCUT2D eigenvalue weighted by molar-refractivity contribution is -0.116. The molecule has 5 N–H and O–H groups in total. The Kier molecular flexibility index (Phi) is 3.28. The lowest BCUT2D eigenvalue weighted by Gasteiger charge is -2.19. The lowest BCUT2D eigenvalue weighted by atomic mass is 10.0. The number of imidazole rings is 1. The zero-order valence-corrected chi connectivity index (χ0v) is 11.1. The van der Waals surface area contributed by atoms with Crippen LogP contribution in [0, 0.1) is 0 Å². The van der Waals surface area contributed by atoms with Crippen molar-refractivity contribution in [2.24, 2.45) is 0 Å². The molecule has 20 heavy (non-hydrogen) atoms. The number of rotatable bonds is 4. The summed E-state index contributed by atoms with van der Waals surface area (Å²) in [7, 11) is 0. The number of amides is 1. The second-order valence-corrected chi connectivity index (χ2v) is 4.86. The molecule has 1 aliphatic rings. The smallest absolute Gasteiger partial charge is 0.224 e. The van der Waals surface area contributed by atoms with E-state index in [1.54, 1.807) is 12.4 Å². The first kappa shape index (κ1) is 12.5. The van der Waals surface area contributed by atoms with Crippen LogP contribution >= 0.6 is 0 Å². The van der Waals surface area contributed by atoms with Crippen LogP contribution in [-0.2, 0) is 17.6 Å². The zero-order chi connectivity index (χ0) is 13.9. The second-order valence-electron chi connectivity index (χ2n) is 4.86. The molecule has 3 rings (SSSR count). The summed E-state index contributed by atoms with van der Waals surface area (Å²) < 4.78 is 0. The highest BCUT2D eigenvalue weighted by Crippen LogP contribution is 2.30. The van der Waals surface area contributed by atoms with Gasteiger partial charge in [0.25, 0.3) is 0 Å². The first-order valence-corrected chi connectivity index (χ1v) is 6.67. The number of nitrogens with two attached hydrogens (primary N) is 1. The number of benzene rings is 1. The van der Waals surface area contributed by atoms with E-state index in [2.05, 4.69) is 20.6 Å². The summed E-state index contributed by atoms with van der Waals surface area (Å²) in [4.78, 5) is 18.6. The van der Waals surface area contributed by atoms with Crippen molar-refractivity contribution in [1.29, 1.82) is 0 Å². The van der Waals surface area contributed by atoms with Crippen molar-refractivity contribution in [2.75, 3.05) is 22.9 Å². The number of hydrogen-bond donors (Lipinski definition) is 4. The quantitative estimate of drug-likeness (QED) is 0.634. The number of H-pyrrole nitrogens is 1. The number of anilines is 3. The normalized spacial score (nSPS) is 13.7. The van der Waals surface area contributed by atoms with Gasteiger partial charge in [0.05, 0.1) is 11.4 Å². The number of fused-ring (bicyclic) bond motifs is 1. The Morgan fingerprint density at radius 1 is 1.35 bits per heavy atom. The minimum Gasteiger partial charge on any atom is -0.397 e. The van der Waals surface area contributed by atoms with Gasteiger partial charge in [-0.1, -0.05) is 0 Å². The van der Waals surface area contributed by atoms with Crippen LogP contribution in [-0.4, -0.2) is 22.4 Å². The van der Waals surface area contributed by atoms with E-state index in [1.807, 2.05) is 12.1 Å². The van der Waals surface area contributed by atoms with E-state index in [9.17, 15) is 4.79 Å². The molecule has 0 aliphatic carbocycles. The number of hydrogen-bond acceptors (Lipinski definition) is 4. The maximum absolute atomic E-state index is 11.4.